The fraction of sp³-hybridized carbons (Fsp3) is 1.00. The molecule has 2 aliphatic rings. The number of ether oxygens (including phenoxy) is 2. The van der Waals surface area contributed by atoms with E-state index in [0.717, 1.165) is 32.0 Å². The Kier molecular flexibility index (Phi) is 5.22. The van der Waals surface area contributed by atoms with Crippen molar-refractivity contribution in [2.24, 2.45) is 11.7 Å². The summed E-state index contributed by atoms with van der Waals surface area (Å²) in [5.41, 5.74) is 5.91. The summed E-state index contributed by atoms with van der Waals surface area (Å²) in [7, 11) is 0. The molecule has 0 saturated carbocycles. The monoisotopic (exact) mass is 242 g/mol. The summed E-state index contributed by atoms with van der Waals surface area (Å²) in [5.74, 6) is 0.871. The van der Waals surface area contributed by atoms with Gasteiger partial charge in [0.25, 0.3) is 0 Å². The summed E-state index contributed by atoms with van der Waals surface area (Å²) in [6.45, 7) is 6.57. The van der Waals surface area contributed by atoms with Gasteiger partial charge in [-0.25, -0.2) is 0 Å². The Balaban J connectivity index is 1.82. The summed E-state index contributed by atoms with van der Waals surface area (Å²) < 4.78 is 10.8. The second-order valence-electron chi connectivity index (χ2n) is 5.29. The van der Waals surface area contributed by atoms with Gasteiger partial charge in [-0.1, -0.05) is 13.3 Å². The number of hydrogen-bond acceptors (Lipinski definition) is 4. The molecule has 2 rings (SSSR count). The van der Waals surface area contributed by atoms with Gasteiger partial charge in [0.2, 0.25) is 0 Å². The molecule has 2 fully saturated rings. The third-order valence-corrected chi connectivity index (χ3v) is 4.21. The van der Waals surface area contributed by atoms with Crippen LogP contribution in [0, 0.1) is 5.92 Å². The van der Waals surface area contributed by atoms with Crippen molar-refractivity contribution in [1.82, 2.24) is 4.90 Å². The van der Waals surface area contributed by atoms with Crippen molar-refractivity contribution >= 4 is 0 Å². The van der Waals surface area contributed by atoms with E-state index in [1.807, 2.05) is 0 Å². The fourth-order valence-corrected chi connectivity index (χ4v) is 2.95. The van der Waals surface area contributed by atoms with E-state index in [0.29, 0.717) is 18.9 Å². The minimum atomic E-state index is 0.343. The van der Waals surface area contributed by atoms with Crippen LogP contribution in [-0.4, -0.2) is 50.1 Å². The molecule has 0 spiro atoms. The molecule has 3 unspecified atom stereocenters. The normalized spacial score (nSPS) is 36.0. The maximum absolute atomic E-state index is 5.91. The van der Waals surface area contributed by atoms with Gasteiger partial charge in [0.05, 0.1) is 12.7 Å². The molecule has 0 aromatic carbocycles. The number of nitrogens with two attached hydrogens (primary N) is 1. The molecule has 0 amide bonds. The van der Waals surface area contributed by atoms with Gasteiger partial charge in [0.15, 0.2) is 0 Å². The first kappa shape index (κ1) is 13.3. The third-order valence-electron chi connectivity index (χ3n) is 4.21. The van der Waals surface area contributed by atoms with E-state index in [4.69, 9.17) is 15.2 Å². The van der Waals surface area contributed by atoms with Crippen LogP contribution in [0.1, 0.15) is 32.6 Å². The van der Waals surface area contributed by atoms with Gasteiger partial charge < -0.3 is 15.2 Å². The van der Waals surface area contributed by atoms with Gasteiger partial charge in [0, 0.05) is 19.1 Å². The molecule has 0 bridgehead atoms. The van der Waals surface area contributed by atoms with E-state index >= 15 is 0 Å². The molecule has 17 heavy (non-hydrogen) atoms. The number of piperidine rings is 1. The van der Waals surface area contributed by atoms with Gasteiger partial charge in [-0.15, -0.1) is 0 Å². The second kappa shape index (κ2) is 6.69. The summed E-state index contributed by atoms with van der Waals surface area (Å²) in [6.07, 6.45) is 5.23. The van der Waals surface area contributed by atoms with Crippen LogP contribution in [0.2, 0.25) is 0 Å². The average molecular weight is 242 g/mol. The van der Waals surface area contributed by atoms with Crippen molar-refractivity contribution < 1.29 is 9.47 Å². The lowest BCUT2D eigenvalue weighted by molar-refractivity contribution is -0.147. The molecule has 100 valence electrons. The van der Waals surface area contributed by atoms with Crippen LogP contribution in [0.5, 0.6) is 0 Å². The van der Waals surface area contributed by atoms with Crippen molar-refractivity contribution in [3.63, 3.8) is 0 Å². The first-order valence-electron chi connectivity index (χ1n) is 6.97. The van der Waals surface area contributed by atoms with E-state index in [1.54, 1.807) is 0 Å². The van der Waals surface area contributed by atoms with Gasteiger partial charge in [0.1, 0.15) is 6.79 Å². The Morgan fingerprint density at radius 3 is 2.88 bits per heavy atom. The molecule has 0 radical (unpaired) electrons. The van der Waals surface area contributed by atoms with Crippen molar-refractivity contribution in [1.29, 1.82) is 0 Å². The van der Waals surface area contributed by atoms with Crippen LogP contribution >= 0.6 is 0 Å². The molecule has 2 heterocycles. The zero-order valence-electron chi connectivity index (χ0n) is 10.9. The highest BCUT2D eigenvalue weighted by Crippen LogP contribution is 2.25. The Labute approximate surface area is 104 Å². The first-order chi connectivity index (χ1) is 8.33. The Morgan fingerprint density at radius 2 is 2.24 bits per heavy atom. The number of likely N-dealkylation sites (tertiary alicyclic amines) is 1. The third kappa shape index (κ3) is 3.65. The molecular formula is C13H26N2O2. The smallest absolute Gasteiger partial charge is 0.147 e. The molecule has 4 nitrogen and oxygen atoms in total. The van der Waals surface area contributed by atoms with Crippen molar-refractivity contribution in [3.05, 3.63) is 0 Å². The van der Waals surface area contributed by atoms with Crippen LogP contribution in [0.3, 0.4) is 0 Å². The zero-order chi connectivity index (χ0) is 12.1. The van der Waals surface area contributed by atoms with Crippen molar-refractivity contribution in [3.8, 4) is 0 Å². The van der Waals surface area contributed by atoms with Crippen LogP contribution in [0.15, 0.2) is 0 Å². The molecule has 4 heteroatoms. The molecule has 2 saturated heterocycles. The van der Waals surface area contributed by atoms with Crippen LogP contribution < -0.4 is 5.73 Å². The highest BCUT2D eigenvalue weighted by molar-refractivity contribution is 4.83. The minimum absolute atomic E-state index is 0.343. The van der Waals surface area contributed by atoms with Crippen LogP contribution in [0.4, 0.5) is 0 Å². The summed E-state index contributed by atoms with van der Waals surface area (Å²) in [5, 5.41) is 0. The maximum Gasteiger partial charge on any atom is 0.147 e. The molecule has 0 aromatic rings. The van der Waals surface area contributed by atoms with E-state index in [1.165, 1.54) is 25.8 Å². The molecule has 2 aliphatic heterocycles. The van der Waals surface area contributed by atoms with Crippen LogP contribution in [0.25, 0.3) is 0 Å². The Hall–Kier alpha value is -0.160. The quantitative estimate of drug-likeness (QED) is 0.804. The number of nitrogens with zero attached hydrogens (tertiary/aromatic N) is 1. The first-order valence-corrected chi connectivity index (χ1v) is 6.97. The van der Waals surface area contributed by atoms with Crippen LogP contribution in [-0.2, 0) is 9.47 Å². The second-order valence-corrected chi connectivity index (χ2v) is 5.29. The summed E-state index contributed by atoms with van der Waals surface area (Å²) in [6, 6.07) is 0.556. The predicted octanol–water partition coefficient (Wildman–Crippen LogP) is 1.20. The number of rotatable bonds is 4. The van der Waals surface area contributed by atoms with Gasteiger partial charge in [-0.2, -0.15) is 0 Å². The lowest BCUT2D eigenvalue weighted by atomic mass is 9.88. The topological polar surface area (TPSA) is 47.7 Å². The lowest BCUT2D eigenvalue weighted by Crippen LogP contribution is -2.50. The SMILES string of the molecule is CCC1CCN(CC2CCOCO2)C(CN)C1. The molecule has 0 aliphatic carbocycles. The van der Waals surface area contributed by atoms with Crippen molar-refractivity contribution in [2.75, 3.05) is 33.0 Å². The zero-order valence-corrected chi connectivity index (χ0v) is 10.9. The van der Waals surface area contributed by atoms with Gasteiger partial charge >= 0.3 is 0 Å². The molecule has 0 aromatic heterocycles. The van der Waals surface area contributed by atoms with Crippen molar-refractivity contribution in [2.45, 2.75) is 44.8 Å². The largest absolute Gasteiger partial charge is 0.355 e. The Morgan fingerprint density at radius 1 is 1.35 bits per heavy atom. The van der Waals surface area contributed by atoms with E-state index < -0.39 is 0 Å². The summed E-state index contributed by atoms with van der Waals surface area (Å²) in [4.78, 5) is 2.53. The van der Waals surface area contributed by atoms with E-state index in [9.17, 15) is 0 Å². The van der Waals surface area contributed by atoms with E-state index in [2.05, 4.69) is 11.8 Å². The average Bonchev–Trinajstić information content (AvgIpc) is 2.40. The van der Waals surface area contributed by atoms with Gasteiger partial charge in [-0.3, -0.25) is 4.90 Å². The lowest BCUT2D eigenvalue weighted by Gasteiger charge is -2.41. The fourth-order valence-electron chi connectivity index (χ4n) is 2.95. The van der Waals surface area contributed by atoms with E-state index in [-0.39, 0.29) is 0 Å². The molecule has 2 N–H and O–H groups in total. The minimum Gasteiger partial charge on any atom is -0.355 e. The Bertz CT molecular complexity index is 219. The molecule has 3 atom stereocenters. The summed E-state index contributed by atoms with van der Waals surface area (Å²) >= 11 is 0. The standard InChI is InChI=1S/C13H26N2O2/c1-2-11-3-5-15(12(7-11)8-14)9-13-4-6-16-10-17-13/h11-13H,2-10,14H2,1H3. The molecular weight excluding hydrogens is 216 g/mol. The highest BCUT2D eigenvalue weighted by Gasteiger charge is 2.29. The number of hydrogen-bond donors (Lipinski definition) is 1. The predicted molar refractivity (Wildman–Crippen MR) is 67.7 cm³/mol. The highest BCUT2D eigenvalue weighted by atomic mass is 16.7. The van der Waals surface area contributed by atoms with Gasteiger partial charge in [-0.05, 0) is 31.7 Å². The maximum atomic E-state index is 5.91.